The number of ketones is 1. The number of aliphatic carboxylic acids is 1. The number of carboxylic acid groups (broad SMARTS) is 1. The van der Waals surface area contributed by atoms with E-state index in [4.69, 9.17) is 20.3 Å². The third-order valence-corrected chi connectivity index (χ3v) is 3.67. The number of benzene rings is 2. The highest BCUT2D eigenvalue weighted by Crippen LogP contribution is 2.27. The summed E-state index contributed by atoms with van der Waals surface area (Å²) in [6, 6.07) is 9.84. The fourth-order valence-corrected chi connectivity index (χ4v) is 2.35. The van der Waals surface area contributed by atoms with Crippen LogP contribution >= 0.6 is 0 Å². The summed E-state index contributed by atoms with van der Waals surface area (Å²) in [5, 5.41) is 8.74. The van der Waals surface area contributed by atoms with Crippen LogP contribution in [0.1, 0.15) is 27.9 Å². The van der Waals surface area contributed by atoms with Crippen LogP contribution in [0.2, 0.25) is 0 Å². The minimum Gasteiger partial charge on any atom is -0.497 e. The number of carbonyl (C=O) groups excluding carboxylic acids is 1. The van der Waals surface area contributed by atoms with Gasteiger partial charge < -0.3 is 20.3 Å². The van der Waals surface area contributed by atoms with Crippen molar-refractivity contribution in [2.75, 3.05) is 20.0 Å². The molecule has 0 bridgehead atoms. The molecule has 0 amide bonds. The summed E-state index contributed by atoms with van der Waals surface area (Å²) in [5.41, 5.74) is 7.81. The lowest BCUT2D eigenvalue weighted by atomic mass is 9.98. The molecule has 3 N–H and O–H groups in total. The molecule has 0 aliphatic carbocycles. The van der Waals surface area contributed by atoms with Crippen molar-refractivity contribution in [2.24, 2.45) is 0 Å². The molecule has 0 unspecified atom stereocenters. The number of methoxy groups -OCH3 is 2. The maximum absolute atomic E-state index is 12.7. The van der Waals surface area contributed by atoms with Gasteiger partial charge in [-0.3, -0.25) is 9.59 Å². The van der Waals surface area contributed by atoms with Crippen LogP contribution < -0.4 is 15.2 Å². The smallest absolute Gasteiger partial charge is 0.303 e. The highest BCUT2D eigenvalue weighted by molar-refractivity contribution is 6.11. The summed E-state index contributed by atoms with van der Waals surface area (Å²) in [7, 11) is 3.01. The summed E-state index contributed by atoms with van der Waals surface area (Å²) in [6.45, 7) is 0. The Bertz CT molecular complexity index is 770. The number of carbonyl (C=O) groups is 2. The lowest BCUT2D eigenvalue weighted by Crippen LogP contribution is -2.07. The molecule has 24 heavy (non-hydrogen) atoms. The minimum atomic E-state index is -0.893. The molecule has 2 aromatic rings. The van der Waals surface area contributed by atoms with Crippen molar-refractivity contribution >= 4 is 17.4 Å². The second-order valence-corrected chi connectivity index (χ2v) is 5.20. The number of rotatable bonds is 7. The fraction of sp³-hybridized carbons (Fsp3) is 0.222. The Balaban J connectivity index is 2.33. The van der Waals surface area contributed by atoms with Gasteiger partial charge in [0.05, 0.1) is 19.8 Å². The molecule has 126 valence electrons. The first-order valence-corrected chi connectivity index (χ1v) is 7.33. The van der Waals surface area contributed by atoms with Gasteiger partial charge >= 0.3 is 5.97 Å². The largest absolute Gasteiger partial charge is 0.497 e. The second kappa shape index (κ2) is 7.50. The maximum atomic E-state index is 12.7. The molecule has 0 fully saturated rings. The van der Waals surface area contributed by atoms with Crippen molar-refractivity contribution in [3.05, 3.63) is 53.1 Å². The average molecular weight is 329 g/mol. The predicted octanol–water partition coefficient (Wildman–Crippen LogP) is 2.53. The Labute approximate surface area is 139 Å². The molecule has 6 nitrogen and oxygen atoms in total. The van der Waals surface area contributed by atoms with Gasteiger partial charge in [-0.2, -0.15) is 0 Å². The van der Waals surface area contributed by atoms with Crippen molar-refractivity contribution in [1.82, 2.24) is 0 Å². The summed E-state index contributed by atoms with van der Waals surface area (Å²) < 4.78 is 10.4. The van der Waals surface area contributed by atoms with Gasteiger partial charge in [-0.25, -0.2) is 0 Å². The molecule has 2 aromatic carbocycles. The molecular weight excluding hydrogens is 310 g/mol. The van der Waals surface area contributed by atoms with E-state index in [0.717, 1.165) is 0 Å². The van der Waals surface area contributed by atoms with Gasteiger partial charge in [0.25, 0.3) is 0 Å². The van der Waals surface area contributed by atoms with E-state index in [2.05, 4.69) is 0 Å². The van der Waals surface area contributed by atoms with E-state index < -0.39 is 5.97 Å². The van der Waals surface area contributed by atoms with E-state index in [1.165, 1.54) is 14.2 Å². The van der Waals surface area contributed by atoms with Crippen LogP contribution in [0.3, 0.4) is 0 Å². The molecule has 0 aromatic heterocycles. The van der Waals surface area contributed by atoms with Gasteiger partial charge in [0.2, 0.25) is 0 Å². The lowest BCUT2D eigenvalue weighted by molar-refractivity contribution is -0.136. The molecule has 0 saturated carbocycles. The molecule has 0 heterocycles. The fourth-order valence-electron chi connectivity index (χ4n) is 2.35. The van der Waals surface area contributed by atoms with E-state index >= 15 is 0 Å². The van der Waals surface area contributed by atoms with Crippen LogP contribution in [-0.2, 0) is 11.2 Å². The minimum absolute atomic E-state index is 0.0127. The van der Waals surface area contributed by atoms with Gasteiger partial charge in [-0.1, -0.05) is 12.1 Å². The average Bonchev–Trinajstić information content (AvgIpc) is 2.59. The quantitative estimate of drug-likeness (QED) is 0.598. The molecule has 6 heteroatoms. The second-order valence-electron chi connectivity index (χ2n) is 5.20. The van der Waals surface area contributed by atoms with E-state index in [1.807, 2.05) is 0 Å². The van der Waals surface area contributed by atoms with Crippen LogP contribution in [0, 0.1) is 0 Å². The normalized spacial score (nSPS) is 10.2. The third-order valence-electron chi connectivity index (χ3n) is 3.67. The molecule has 0 radical (unpaired) electrons. The molecular formula is C18H19NO5. The SMILES string of the molecule is COc1ccc(OC)c(C(=O)c2ccc(CCC(=O)O)c(N)c2)c1. The number of hydrogen-bond acceptors (Lipinski definition) is 5. The molecule has 0 saturated heterocycles. The van der Waals surface area contributed by atoms with E-state index in [1.54, 1.807) is 36.4 Å². The third kappa shape index (κ3) is 3.84. The van der Waals surface area contributed by atoms with Crippen LogP contribution in [0.15, 0.2) is 36.4 Å². The summed E-state index contributed by atoms with van der Waals surface area (Å²) in [4.78, 5) is 23.4. The molecule has 2 rings (SSSR count). The predicted molar refractivity (Wildman–Crippen MR) is 89.8 cm³/mol. The molecule has 0 aliphatic rings. The standard InChI is InChI=1S/C18H19NO5/c1-23-13-6-7-16(24-2)14(10-13)18(22)12-4-3-11(15(19)9-12)5-8-17(20)21/h3-4,6-7,9-10H,5,8,19H2,1-2H3,(H,20,21). The van der Waals surface area contributed by atoms with E-state index in [0.29, 0.717) is 40.3 Å². The summed E-state index contributed by atoms with van der Waals surface area (Å²) in [5.74, 6) is -0.155. The topological polar surface area (TPSA) is 98.8 Å². The first kappa shape index (κ1) is 17.3. The Morgan fingerprint density at radius 1 is 1.08 bits per heavy atom. The first-order valence-electron chi connectivity index (χ1n) is 7.33. The van der Waals surface area contributed by atoms with E-state index in [-0.39, 0.29) is 12.2 Å². The van der Waals surface area contributed by atoms with Gasteiger partial charge in [0.15, 0.2) is 5.78 Å². The zero-order valence-corrected chi connectivity index (χ0v) is 13.5. The highest BCUT2D eigenvalue weighted by Gasteiger charge is 2.17. The summed E-state index contributed by atoms with van der Waals surface area (Å²) >= 11 is 0. The zero-order chi connectivity index (χ0) is 17.7. The van der Waals surface area contributed by atoms with Crippen molar-refractivity contribution < 1.29 is 24.2 Å². The van der Waals surface area contributed by atoms with Crippen molar-refractivity contribution in [1.29, 1.82) is 0 Å². The first-order chi connectivity index (χ1) is 11.5. The molecule has 0 aliphatic heterocycles. The zero-order valence-electron chi connectivity index (χ0n) is 13.5. The van der Waals surface area contributed by atoms with Crippen LogP contribution in [0.25, 0.3) is 0 Å². The number of carboxylic acids is 1. The molecule has 0 atom stereocenters. The van der Waals surface area contributed by atoms with Crippen molar-refractivity contribution in [3.63, 3.8) is 0 Å². The summed E-state index contributed by atoms with van der Waals surface area (Å²) in [6.07, 6.45) is 0.305. The van der Waals surface area contributed by atoms with Crippen LogP contribution in [-0.4, -0.2) is 31.1 Å². The monoisotopic (exact) mass is 329 g/mol. The Morgan fingerprint density at radius 3 is 2.42 bits per heavy atom. The Hall–Kier alpha value is -3.02. The number of hydrogen-bond donors (Lipinski definition) is 2. The van der Waals surface area contributed by atoms with Crippen molar-refractivity contribution in [2.45, 2.75) is 12.8 Å². The van der Waals surface area contributed by atoms with Crippen LogP contribution in [0.4, 0.5) is 5.69 Å². The number of ether oxygens (including phenoxy) is 2. The van der Waals surface area contributed by atoms with Gasteiger partial charge in [0, 0.05) is 17.7 Å². The number of anilines is 1. The lowest BCUT2D eigenvalue weighted by Gasteiger charge is -2.11. The maximum Gasteiger partial charge on any atom is 0.303 e. The molecule has 0 spiro atoms. The van der Waals surface area contributed by atoms with Gasteiger partial charge in [-0.15, -0.1) is 0 Å². The Kier molecular flexibility index (Phi) is 5.42. The van der Waals surface area contributed by atoms with Gasteiger partial charge in [-0.05, 0) is 36.2 Å². The number of aryl methyl sites for hydroxylation is 1. The van der Waals surface area contributed by atoms with Crippen LogP contribution in [0.5, 0.6) is 11.5 Å². The number of nitrogens with two attached hydrogens (primary N) is 1. The Morgan fingerprint density at radius 2 is 1.83 bits per heavy atom. The van der Waals surface area contributed by atoms with Crippen molar-refractivity contribution in [3.8, 4) is 11.5 Å². The highest BCUT2D eigenvalue weighted by atomic mass is 16.5. The van der Waals surface area contributed by atoms with Gasteiger partial charge in [0.1, 0.15) is 11.5 Å². The number of nitrogen functional groups attached to an aromatic ring is 1. The van der Waals surface area contributed by atoms with E-state index in [9.17, 15) is 9.59 Å².